The third-order valence-corrected chi connectivity index (χ3v) is 4.40. The van der Waals surface area contributed by atoms with Gasteiger partial charge in [0.1, 0.15) is 23.8 Å². The lowest BCUT2D eigenvalue weighted by Crippen LogP contribution is -1.96. The van der Waals surface area contributed by atoms with E-state index in [1.54, 1.807) is 13.3 Å². The van der Waals surface area contributed by atoms with Gasteiger partial charge in [0.2, 0.25) is 0 Å². The highest BCUT2D eigenvalue weighted by Gasteiger charge is 2.20. The largest absolute Gasteiger partial charge is 0.497 e. The lowest BCUT2D eigenvalue weighted by atomic mass is 9.95. The van der Waals surface area contributed by atoms with Crippen molar-refractivity contribution in [2.24, 2.45) is 0 Å². The third kappa shape index (κ3) is 3.01. The van der Waals surface area contributed by atoms with Crippen molar-refractivity contribution in [2.45, 2.75) is 13.5 Å². The summed E-state index contributed by atoms with van der Waals surface area (Å²) in [5.41, 5.74) is 6.53. The van der Waals surface area contributed by atoms with Gasteiger partial charge in [-0.15, -0.1) is 0 Å². The number of rotatable bonds is 2. The molecular formula is C22H19NO2. The molecule has 1 aromatic heterocycles. The third-order valence-electron chi connectivity index (χ3n) is 4.40. The Morgan fingerprint density at radius 1 is 1.08 bits per heavy atom. The van der Waals surface area contributed by atoms with Crippen molar-refractivity contribution in [1.82, 2.24) is 4.98 Å². The zero-order chi connectivity index (χ0) is 17.2. The van der Waals surface area contributed by atoms with Crippen LogP contribution in [0.25, 0.3) is 11.6 Å². The van der Waals surface area contributed by atoms with Gasteiger partial charge in [0.15, 0.2) is 0 Å². The van der Waals surface area contributed by atoms with Crippen LogP contribution in [-0.2, 0) is 6.61 Å². The molecule has 0 atom stereocenters. The number of methoxy groups -OCH3 is 1. The molecule has 2 heterocycles. The lowest BCUT2D eigenvalue weighted by Gasteiger charge is -2.11. The fraction of sp³-hybridized carbons (Fsp3) is 0.136. The fourth-order valence-electron chi connectivity index (χ4n) is 3.05. The Bertz CT molecular complexity index is 942. The van der Waals surface area contributed by atoms with Gasteiger partial charge in [0.25, 0.3) is 0 Å². The number of aromatic nitrogens is 1. The zero-order valence-electron chi connectivity index (χ0n) is 14.3. The minimum atomic E-state index is 0.496. The molecule has 0 saturated carbocycles. The summed E-state index contributed by atoms with van der Waals surface area (Å²) in [6.07, 6.45) is 3.98. The molecule has 1 aliphatic rings. The van der Waals surface area contributed by atoms with E-state index in [9.17, 15) is 0 Å². The number of fused-ring (bicyclic) bond motifs is 2. The Balaban J connectivity index is 1.93. The lowest BCUT2D eigenvalue weighted by molar-refractivity contribution is 0.305. The smallest absolute Gasteiger partial charge is 0.146 e. The molecule has 2 aromatic carbocycles. The maximum atomic E-state index is 6.00. The molecule has 0 bridgehead atoms. The first-order valence-electron chi connectivity index (χ1n) is 8.28. The van der Waals surface area contributed by atoms with Crippen molar-refractivity contribution in [3.8, 4) is 11.5 Å². The summed E-state index contributed by atoms with van der Waals surface area (Å²) >= 11 is 0. The van der Waals surface area contributed by atoms with Gasteiger partial charge in [-0.1, -0.05) is 35.9 Å². The molecule has 0 aliphatic carbocycles. The highest BCUT2D eigenvalue weighted by Crippen LogP contribution is 2.37. The molecule has 3 heteroatoms. The van der Waals surface area contributed by atoms with Crippen LogP contribution in [0.3, 0.4) is 0 Å². The summed E-state index contributed by atoms with van der Waals surface area (Å²) in [5.74, 6) is 1.63. The van der Waals surface area contributed by atoms with Gasteiger partial charge in [0.05, 0.1) is 7.11 Å². The van der Waals surface area contributed by atoms with E-state index in [0.29, 0.717) is 6.61 Å². The topological polar surface area (TPSA) is 31.4 Å². The number of aryl methyl sites for hydroxylation is 1. The Kier molecular flexibility index (Phi) is 3.98. The van der Waals surface area contributed by atoms with Gasteiger partial charge >= 0.3 is 0 Å². The van der Waals surface area contributed by atoms with E-state index in [1.807, 2.05) is 24.3 Å². The average Bonchev–Trinajstić information content (AvgIpc) is 2.80. The molecule has 0 N–H and O–H groups in total. The van der Waals surface area contributed by atoms with Crippen LogP contribution in [0.15, 0.2) is 60.8 Å². The van der Waals surface area contributed by atoms with Crippen molar-refractivity contribution >= 4 is 11.6 Å². The van der Waals surface area contributed by atoms with Gasteiger partial charge in [-0.3, -0.25) is 4.98 Å². The summed E-state index contributed by atoms with van der Waals surface area (Å²) in [7, 11) is 1.68. The first kappa shape index (κ1) is 15.5. The van der Waals surface area contributed by atoms with Crippen molar-refractivity contribution in [1.29, 1.82) is 0 Å². The molecule has 0 fully saturated rings. The normalized spacial score (nSPS) is 14.2. The molecular weight excluding hydrogens is 310 g/mol. The van der Waals surface area contributed by atoms with Crippen molar-refractivity contribution < 1.29 is 9.47 Å². The number of pyridine rings is 1. The molecule has 0 unspecified atom stereocenters. The van der Waals surface area contributed by atoms with Crippen LogP contribution in [-0.4, -0.2) is 12.1 Å². The standard InChI is InChI=1S/C22H19NO2/c1-15-5-7-16(8-6-15)12-20-19-10-9-18(24-2)13-17(19)14-25-21-4-3-11-23-22(20)21/h3-13H,14H2,1-2H3/b20-12+. The number of benzene rings is 2. The van der Waals surface area contributed by atoms with Gasteiger partial charge in [-0.05, 0) is 48.4 Å². The molecule has 0 radical (unpaired) electrons. The molecule has 25 heavy (non-hydrogen) atoms. The van der Waals surface area contributed by atoms with E-state index < -0.39 is 0 Å². The number of ether oxygens (including phenoxy) is 2. The number of hydrogen-bond donors (Lipinski definition) is 0. The van der Waals surface area contributed by atoms with E-state index in [0.717, 1.165) is 39.5 Å². The minimum absolute atomic E-state index is 0.496. The number of hydrogen-bond acceptors (Lipinski definition) is 3. The van der Waals surface area contributed by atoms with Gasteiger partial charge in [-0.25, -0.2) is 0 Å². The maximum Gasteiger partial charge on any atom is 0.146 e. The Morgan fingerprint density at radius 2 is 1.92 bits per heavy atom. The van der Waals surface area contributed by atoms with E-state index in [1.165, 1.54) is 5.56 Å². The van der Waals surface area contributed by atoms with Crippen LogP contribution >= 0.6 is 0 Å². The van der Waals surface area contributed by atoms with Gasteiger partial charge in [0, 0.05) is 17.3 Å². The van der Waals surface area contributed by atoms with Gasteiger partial charge in [-0.2, -0.15) is 0 Å². The summed E-state index contributed by atoms with van der Waals surface area (Å²) in [6, 6.07) is 18.5. The van der Waals surface area contributed by atoms with E-state index in [-0.39, 0.29) is 0 Å². The zero-order valence-corrected chi connectivity index (χ0v) is 14.3. The first-order valence-corrected chi connectivity index (χ1v) is 8.28. The van der Waals surface area contributed by atoms with Crippen LogP contribution in [0.1, 0.15) is 27.9 Å². The molecule has 3 aromatic rings. The average molecular weight is 329 g/mol. The van der Waals surface area contributed by atoms with Crippen molar-refractivity contribution in [2.75, 3.05) is 7.11 Å². The molecule has 4 rings (SSSR count). The van der Waals surface area contributed by atoms with Crippen LogP contribution < -0.4 is 9.47 Å². The monoisotopic (exact) mass is 329 g/mol. The van der Waals surface area contributed by atoms with E-state index in [2.05, 4.69) is 48.3 Å². The first-order chi connectivity index (χ1) is 12.2. The quantitative estimate of drug-likeness (QED) is 0.671. The van der Waals surface area contributed by atoms with Crippen LogP contribution in [0, 0.1) is 6.92 Å². The van der Waals surface area contributed by atoms with E-state index in [4.69, 9.17) is 9.47 Å². The maximum absolute atomic E-state index is 6.00. The SMILES string of the molecule is COc1ccc2c(c1)COc1cccnc1/C2=C/c1ccc(C)cc1. The van der Waals surface area contributed by atoms with Crippen LogP contribution in [0.4, 0.5) is 0 Å². The number of nitrogens with zero attached hydrogens (tertiary/aromatic N) is 1. The molecule has 1 aliphatic heterocycles. The second-order valence-corrected chi connectivity index (χ2v) is 6.13. The summed E-state index contributed by atoms with van der Waals surface area (Å²) in [4.78, 5) is 4.59. The molecule has 0 spiro atoms. The highest BCUT2D eigenvalue weighted by atomic mass is 16.5. The predicted molar refractivity (Wildman–Crippen MR) is 99.7 cm³/mol. The van der Waals surface area contributed by atoms with Crippen LogP contribution in [0.5, 0.6) is 11.5 Å². The minimum Gasteiger partial charge on any atom is -0.497 e. The molecule has 3 nitrogen and oxygen atoms in total. The van der Waals surface area contributed by atoms with Crippen LogP contribution in [0.2, 0.25) is 0 Å². The molecule has 0 amide bonds. The second-order valence-electron chi connectivity index (χ2n) is 6.13. The van der Waals surface area contributed by atoms with Gasteiger partial charge < -0.3 is 9.47 Å². The second kappa shape index (κ2) is 6.44. The summed E-state index contributed by atoms with van der Waals surface area (Å²) in [6.45, 7) is 2.59. The Morgan fingerprint density at radius 3 is 2.72 bits per heavy atom. The van der Waals surface area contributed by atoms with E-state index >= 15 is 0 Å². The predicted octanol–water partition coefficient (Wildman–Crippen LogP) is 4.88. The van der Waals surface area contributed by atoms with Crippen molar-refractivity contribution in [3.05, 3.63) is 88.7 Å². The summed E-state index contributed by atoms with van der Waals surface area (Å²) in [5, 5.41) is 0. The van der Waals surface area contributed by atoms with Crippen molar-refractivity contribution in [3.63, 3.8) is 0 Å². The molecule has 0 saturated heterocycles. The Hall–Kier alpha value is -3.07. The Labute approximate surface area is 147 Å². The summed E-state index contributed by atoms with van der Waals surface area (Å²) < 4.78 is 11.4. The fourth-order valence-corrected chi connectivity index (χ4v) is 3.05. The molecule has 124 valence electrons. The highest BCUT2D eigenvalue weighted by molar-refractivity contribution is 5.93.